The lowest BCUT2D eigenvalue weighted by Crippen LogP contribution is -2.35. The summed E-state index contributed by atoms with van der Waals surface area (Å²) < 4.78 is 5.17. The van der Waals surface area contributed by atoms with E-state index >= 15 is 0 Å². The van der Waals surface area contributed by atoms with Crippen molar-refractivity contribution in [3.05, 3.63) is 18.1 Å². The Hall–Kier alpha value is -1.20. The Labute approximate surface area is 121 Å². The quantitative estimate of drug-likeness (QED) is 0.826. The van der Waals surface area contributed by atoms with Gasteiger partial charge < -0.3 is 15.0 Å². The first-order chi connectivity index (χ1) is 9.49. The third-order valence-corrected chi connectivity index (χ3v) is 3.31. The molecule has 1 N–H and O–H groups in total. The molecule has 0 saturated heterocycles. The van der Waals surface area contributed by atoms with Crippen molar-refractivity contribution in [2.45, 2.75) is 51.7 Å². The van der Waals surface area contributed by atoms with Gasteiger partial charge in [-0.2, -0.15) is 0 Å². The highest BCUT2D eigenvalue weighted by molar-refractivity contribution is 5.39. The average molecular weight is 278 g/mol. The van der Waals surface area contributed by atoms with Gasteiger partial charge in [-0.15, -0.1) is 0 Å². The first-order valence-electron chi connectivity index (χ1n) is 7.31. The molecule has 0 unspecified atom stereocenters. The minimum absolute atomic E-state index is 0.0961. The van der Waals surface area contributed by atoms with Gasteiger partial charge in [0.2, 0.25) is 0 Å². The van der Waals surface area contributed by atoms with E-state index in [2.05, 4.69) is 41.0 Å². The van der Waals surface area contributed by atoms with Crippen molar-refractivity contribution < 1.29 is 4.74 Å². The van der Waals surface area contributed by atoms with Crippen LogP contribution in [-0.4, -0.2) is 41.8 Å². The number of aromatic nitrogens is 2. The van der Waals surface area contributed by atoms with Gasteiger partial charge in [-0.3, -0.25) is 4.98 Å². The molecule has 5 nitrogen and oxygen atoms in total. The lowest BCUT2D eigenvalue weighted by atomic mass is 10.1. The van der Waals surface area contributed by atoms with Gasteiger partial charge in [-0.25, -0.2) is 4.98 Å². The van der Waals surface area contributed by atoms with E-state index in [-0.39, 0.29) is 5.54 Å². The van der Waals surface area contributed by atoms with E-state index in [9.17, 15) is 0 Å². The molecule has 1 fully saturated rings. The van der Waals surface area contributed by atoms with Crippen molar-refractivity contribution in [1.29, 1.82) is 0 Å². The Balaban J connectivity index is 1.95. The summed E-state index contributed by atoms with van der Waals surface area (Å²) >= 11 is 0. The van der Waals surface area contributed by atoms with E-state index in [0.717, 1.165) is 31.2 Å². The van der Waals surface area contributed by atoms with Gasteiger partial charge in [-0.05, 0) is 33.6 Å². The van der Waals surface area contributed by atoms with Crippen LogP contribution >= 0.6 is 0 Å². The smallest absolute Gasteiger partial charge is 0.147 e. The van der Waals surface area contributed by atoms with Gasteiger partial charge in [0.1, 0.15) is 5.82 Å². The molecule has 0 aliphatic heterocycles. The molecule has 0 spiro atoms. The highest BCUT2D eigenvalue weighted by atomic mass is 16.5. The molecule has 112 valence electrons. The number of nitrogens with one attached hydrogen (secondary N) is 1. The second kappa shape index (κ2) is 6.50. The molecular weight excluding hydrogens is 252 g/mol. The van der Waals surface area contributed by atoms with Crippen molar-refractivity contribution in [3.8, 4) is 0 Å². The fourth-order valence-electron chi connectivity index (χ4n) is 2.00. The third kappa shape index (κ3) is 4.72. The van der Waals surface area contributed by atoms with Crippen LogP contribution in [0.15, 0.2) is 12.4 Å². The van der Waals surface area contributed by atoms with E-state index in [1.807, 2.05) is 12.4 Å². The Morgan fingerprint density at radius 3 is 2.55 bits per heavy atom. The number of anilines is 1. The fourth-order valence-corrected chi connectivity index (χ4v) is 2.00. The predicted octanol–water partition coefficient (Wildman–Crippen LogP) is 1.98. The summed E-state index contributed by atoms with van der Waals surface area (Å²) in [6, 6.07) is 0.623. The molecule has 0 atom stereocenters. The summed E-state index contributed by atoms with van der Waals surface area (Å²) in [5.41, 5.74) is 1.07. The van der Waals surface area contributed by atoms with E-state index < -0.39 is 0 Å². The molecule has 1 saturated carbocycles. The topological polar surface area (TPSA) is 50.3 Å². The minimum Gasteiger partial charge on any atom is -0.383 e. The summed E-state index contributed by atoms with van der Waals surface area (Å²) in [7, 11) is 1.73. The zero-order valence-corrected chi connectivity index (χ0v) is 13.0. The van der Waals surface area contributed by atoms with Gasteiger partial charge in [0.05, 0.1) is 24.7 Å². The van der Waals surface area contributed by atoms with Crippen LogP contribution in [0.4, 0.5) is 5.82 Å². The van der Waals surface area contributed by atoms with Crippen LogP contribution in [0.3, 0.4) is 0 Å². The number of ether oxygens (including phenoxy) is 1. The second-order valence-electron chi connectivity index (χ2n) is 6.39. The van der Waals surface area contributed by atoms with Crippen LogP contribution in [0.2, 0.25) is 0 Å². The summed E-state index contributed by atoms with van der Waals surface area (Å²) in [6.07, 6.45) is 6.25. The average Bonchev–Trinajstić information content (AvgIpc) is 3.22. The van der Waals surface area contributed by atoms with Crippen molar-refractivity contribution in [3.63, 3.8) is 0 Å². The molecule has 2 rings (SSSR count). The van der Waals surface area contributed by atoms with E-state index in [0.29, 0.717) is 6.04 Å². The molecule has 1 aliphatic rings. The molecule has 1 heterocycles. The Kier molecular flexibility index (Phi) is 4.94. The Morgan fingerprint density at radius 2 is 2.05 bits per heavy atom. The van der Waals surface area contributed by atoms with Gasteiger partial charge in [0.25, 0.3) is 0 Å². The lowest BCUT2D eigenvalue weighted by Gasteiger charge is -2.23. The maximum atomic E-state index is 5.17. The van der Waals surface area contributed by atoms with E-state index in [4.69, 9.17) is 4.74 Å². The number of hydrogen-bond acceptors (Lipinski definition) is 5. The Bertz CT molecular complexity index is 409. The summed E-state index contributed by atoms with van der Waals surface area (Å²) in [4.78, 5) is 11.4. The zero-order valence-electron chi connectivity index (χ0n) is 13.0. The highest BCUT2D eigenvalue weighted by Gasteiger charge is 2.29. The molecule has 20 heavy (non-hydrogen) atoms. The van der Waals surface area contributed by atoms with Crippen molar-refractivity contribution in [1.82, 2.24) is 15.3 Å². The fraction of sp³-hybridized carbons (Fsp3) is 0.733. The van der Waals surface area contributed by atoms with Gasteiger partial charge in [0.15, 0.2) is 0 Å². The zero-order chi connectivity index (χ0) is 14.6. The first-order valence-corrected chi connectivity index (χ1v) is 7.31. The minimum atomic E-state index is 0.0961. The van der Waals surface area contributed by atoms with Crippen LogP contribution < -0.4 is 10.2 Å². The summed E-state index contributed by atoms with van der Waals surface area (Å²) in [6.45, 7) is 8.80. The monoisotopic (exact) mass is 278 g/mol. The van der Waals surface area contributed by atoms with Crippen molar-refractivity contribution in [2.24, 2.45) is 0 Å². The van der Waals surface area contributed by atoms with E-state index in [1.165, 1.54) is 12.8 Å². The van der Waals surface area contributed by atoms with Crippen LogP contribution in [0.5, 0.6) is 0 Å². The second-order valence-corrected chi connectivity index (χ2v) is 6.39. The maximum absolute atomic E-state index is 5.17. The molecule has 1 aromatic rings. The van der Waals surface area contributed by atoms with Gasteiger partial charge >= 0.3 is 0 Å². The van der Waals surface area contributed by atoms with Crippen molar-refractivity contribution in [2.75, 3.05) is 25.2 Å². The van der Waals surface area contributed by atoms with Crippen LogP contribution in [-0.2, 0) is 11.3 Å². The van der Waals surface area contributed by atoms with Gasteiger partial charge in [-0.1, -0.05) is 0 Å². The Morgan fingerprint density at radius 1 is 1.30 bits per heavy atom. The standard InChI is InChI=1S/C15H26N4O/c1-15(2,3)18-10-12-9-17-14(11-16-12)19(7-8-20-4)13-5-6-13/h9,11,13,18H,5-8,10H2,1-4H3. The molecule has 0 radical (unpaired) electrons. The van der Waals surface area contributed by atoms with Crippen molar-refractivity contribution >= 4 is 5.82 Å². The summed E-state index contributed by atoms with van der Waals surface area (Å²) in [5.74, 6) is 0.962. The number of hydrogen-bond donors (Lipinski definition) is 1. The van der Waals surface area contributed by atoms with E-state index in [1.54, 1.807) is 7.11 Å². The normalized spacial score (nSPS) is 15.4. The maximum Gasteiger partial charge on any atom is 0.147 e. The third-order valence-electron chi connectivity index (χ3n) is 3.31. The van der Waals surface area contributed by atoms with Crippen LogP contribution in [0.1, 0.15) is 39.3 Å². The lowest BCUT2D eigenvalue weighted by molar-refractivity contribution is 0.204. The molecule has 5 heteroatoms. The molecule has 0 bridgehead atoms. The van der Waals surface area contributed by atoms with Gasteiger partial charge in [0, 0.05) is 31.8 Å². The number of methoxy groups -OCH3 is 1. The highest BCUT2D eigenvalue weighted by Crippen LogP contribution is 2.29. The van der Waals surface area contributed by atoms with Crippen LogP contribution in [0.25, 0.3) is 0 Å². The first kappa shape index (κ1) is 15.2. The molecular formula is C15H26N4O. The number of nitrogens with zero attached hydrogens (tertiary/aromatic N) is 3. The molecule has 1 aliphatic carbocycles. The molecule has 0 amide bonds. The largest absolute Gasteiger partial charge is 0.383 e. The number of rotatable bonds is 7. The van der Waals surface area contributed by atoms with Crippen LogP contribution in [0, 0.1) is 0 Å². The summed E-state index contributed by atoms with van der Waals surface area (Å²) in [5, 5.41) is 3.42. The predicted molar refractivity (Wildman–Crippen MR) is 80.9 cm³/mol. The molecule has 0 aromatic carbocycles. The SMILES string of the molecule is COCCN(c1cnc(CNC(C)(C)C)cn1)C1CC1. The molecule has 1 aromatic heterocycles.